The van der Waals surface area contributed by atoms with Gasteiger partial charge in [-0.3, -0.25) is 0 Å². The summed E-state index contributed by atoms with van der Waals surface area (Å²) in [6.45, 7) is 0. The minimum Gasteiger partial charge on any atom is -0.496 e. The third kappa shape index (κ3) is 2.35. The number of nitrogens with one attached hydrogen (secondary N) is 1. The third-order valence-electron chi connectivity index (χ3n) is 4.41. The monoisotopic (exact) mass is 265 g/mol. The zero-order valence-electron chi connectivity index (χ0n) is 11.2. The second-order valence-corrected chi connectivity index (χ2v) is 5.78. The fourth-order valence-corrected chi connectivity index (χ4v) is 3.59. The Morgan fingerprint density at radius 3 is 2.63 bits per heavy atom. The molecule has 2 aliphatic heterocycles. The van der Waals surface area contributed by atoms with Crippen molar-refractivity contribution in [3.63, 3.8) is 0 Å². The average molecular weight is 265 g/mol. The molecule has 1 aromatic carbocycles. The van der Waals surface area contributed by atoms with Crippen molar-refractivity contribution in [1.29, 1.82) is 0 Å². The average Bonchev–Trinajstić information content (AvgIpc) is 2.38. The quantitative estimate of drug-likeness (QED) is 0.862. The van der Waals surface area contributed by atoms with Crippen LogP contribution in [0, 0.1) is 5.82 Å². The van der Waals surface area contributed by atoms with Crippen LogP contribution in [0.15, 0.2) is 18.2 Å². The van der Waals surface area contributed by atoms with Crippen molar-refractivity contribution in [1.82, 2.24) is 5.32 Å². The van der Waals surface area contributed by atoms with E-state index in [9.17, 15) is 9.50 Å². The van der Waals surface area contributed by atoms with Gasteiger partial charge in [-0.05, 0) is 43.9 Å². The lowest BCUT2D eigenvalue weighted by Gasteiger charge is -2.45. The lowest BCUT2D eigenvalue weighted by molar-refractivity contribution is -0.0375. The van der Waals surface area contributed by atoms with Gasteiger partial charge in [0.25, 0.3) is 0 Å². The number of rotatable bonds is 2. The van der Waals surface area contributed by atoms with E-state index >= 15 is 0 Å². The number of piperidine rings is 2. The zero-order valence-corrected chi connectivity index (χ0v) is 11.2. The number of ether oxygens (including phenoxy) is 1. The zero-order chi connectivity index (χ0) is 13.5. The van der Waals surface area contributed by atoms with Crippen LogP contribution < -0.4 is 10.1 Å². The molecule has 104 valence electrons. The van der Waals surface area contributed by atoms with Gasteiger partial charge in [0.05, 0.1) is 12.7 Å². The summed E-state index contributed by atoms with van der Waals surface area (Å²) in [4.78, 5) is 0. The Morgan fingerprint density at radius 2 is 2.00 bits per heavy atom. The van der Waals surface area contributed by atoms with Gasteiger partial charge in [0, 0.05) is 17.6 Å². The largest absolute Gasteiger partial charge is 0.496 e. The van der Waals surface area contributed by atoms with Gasteiger partial charge in [-0.1, -0.05) is 6.42 Å². The Bertz CT molecular complexity index is 465. The van der Waals surface area contributed by atoms with Gasteiger partial charge < -0.3 is 15.2 Å². The van der Waals surface area contributed by atoms with Gasteiger partial charge in [0.1, 0.15) is 11.6 Å². The number of hydrogen-bond acceptors (Lipinski definition) is 3. The predicted octanol–water partition coefficient (Wildman–Crippen LogP) is 2.33. The van der Waals surface area contributed by atoms with Crippen molar-refractivity contribution >= 4 is 0 Å². The smallest absolute Gasteiger partial charge is 0.125 e. The molecule has 2 aliphatic rings. The fourth-order valence-electron chi connectivity index (χ4n) is 3.59. The van der Waals surface area contributed by atoms with Gasteiger partial charge in [-0.25, -0.2) is 4.39 Å². The molecule has 1 aromatic rings. The summed E-state index contributed by atoms with van der Waals surface area (Å²) in [6, 6.07) is 5.03. The second-order valence-electron chi connectivity index (χ2n) is 5.78. The Morgan fingerprint density at radius 1 is 1.32 bits per heavy atom. The molecule has 0 saturated carbocycles. The van der Waals surface area contributed by atoms with E-state index in [1.165, 1.54) is 18.6 Å². The highest BCUT2D eigenvalue weighted by molar-refractivity contribution is 5.39. The SMILES string of the molecule is COc1ccc(F)cc1C1(O)CC2CCCC(C1)N2. The molecule has 19 heavy (non-hydrogen) atoms. The Labute approximate surface area is 112 Å². The number of halogens is 1. The third-order valence-corrected chi connectivity index (χ3v) is 4.41. The molecule has 3 nitrogen and oxygen atoms in total. The van der Waals surface area contributed by atoms with Crippen LogP contribution >= 0.6 is 0 Å². The van der Waals surface area contributed by atoms with E-state index < -0.39 is 5.60 Å². The molecule has 0 amide bonds. The lowest BCUT2D eigenvalue weighted by Crippen LogP contribution is -2.54. The molecule has 0 spiro atoms. The standard InChI is InChI=1S/C15H20FNO2/c1-19-14-6-5-10(16)7-13(14)15(18)8-11-3-2-4-12(9-15)17-11/h5-7,11-12,17-18H,2-4,8-9H2,1H3. The number of fused-ring (bicyclic) bond motifs is 2. The van der Waals surface area contributed by atoms with E-state index in [1.807, 2.05) is 0 Å². The predicted molar refractivity (Wildman–Crippen MR) is 70.6 cm³/mol. The molecule has 2 heterocycles. The molecule has 2 N–H and O–H groups in total. The first kappa shape index (κ1) is 12.9. The van der Waals surface area contributed by atoms with Crippen molar-refractivity contribution in [3.05, 3.63) is 29.6 Å². The van der Waals surface area contributed by atoms with Crippen LogP contribution in [0.5, 0.6) is 5.75 Å². The molecule has 3 rings (SSSR count). The summed E-state index contributed by atoms with van der Waals surface area (Å²) in [5.74, 6) is 0.247. The molecule has 0 aliphatic carbocycles. The highest BCUT2D eigenvalue weighted by Gasteiger charge is 2.43. The van der Waals surface area contributed by atoms with Crippen LogP contribution in [0.25, 0.3) is 0 Å². The summed E-state index contributed by atoms with van der Waals surface area (Å²) < 4.78 is 18.8. The van der Waals surface area contributed by atoms with Crippen LogP contribution in [0.4, 0.5) is 4.39 Å². The fraction of sp³-hybridized carbons (Fsp3) is 0.600. The lowest BCUT2D eigenvalue weighted by atomic mass is 9.73. The van der Waals surface area contributed by atoms with E-state index in [-0.39, 0.29) is 5.82 Å². The number of benzene rings is 1. The maximum atomic E-state index is 13.5. The summed E-state index contributed by atoms with van der Waals surface area (Å²) in [6.07, 6.45) is 4.62. The Kier molecular flexibility index (Phi) is 3.23. The van der Waals surface area contributed by atoms with Gasteiger partial charge in [0.2, 0.25) is 0 Å². The molecular formula is C15H20FNO2. The van der Waals surface area contributed by atoms with Crippen LogP contribution in [-0.2, 0) is 5.60 Å². The second kappa shape index (κ2) is 4.76. The normalized spacial score (nSPS) is 34.1. The van der Waals surface area contributed by atoms with E-state index in [1.54, 1.807) is 13.2 Å². The number of methoxy groups -OCH3 is 1. The van der Waals surface area contributed by atoms with E-state index in [4.69, 9.17) is 4.74 Å². The molecule has 2 bridgehead atoms. The summed E-state index contributed by atoms with van der Waals surface area (Å²) in [5, 5.41) is 14.5. The van der Waals surface area contributed by atoms with E-state index in [0.29, 0.717) is 36.2 Å². The highest BCUT2D eigenvalue weighted by Crippen LogP contribution is 2.43. The first-order valence-electron chi connectivity index (χ1n) is 6.93. The van der Waals surface area contributed by atoms with Crippen molar-refractivity contribution < 1.29 is 14.2 Å². The summed E-state index contributed by atoms with van der Waals surface area (Å²) >= 11 is 0. The molecule has 0 aromatic heterocycles. The summed E-state index contributed by atoms with van der Waals surface area (Å²) in [5.41, 5.74) is -0.387. The molecule has 2 fully saturated rings. The Balaban J connectivity index is 1.97. The molecule has 4 heteroatoms. The van der Waals surface area contributed by atoms with Crippen molar-refractivity contribution in [2.75, 3.05) is 7.11 Å². The first-order valence-corrected chi connectivity index (χ1v) is 6.93. The molecule has 2 saturated heterocycles. The number of aliphatic hydroxyl groups is 1. The van der Waals surface area contributed by atoms with E-state index in [2.05, 4.69) is 5.32 Å². The molecular weight excluding hydrogens is 245 g/mol. The van der Waals surface area contributed by atoms with Crippen LogP contribution in [-0.4, -0.2) is 24.3 Å². The van der Waals surface area contributed by atoms with Crippen LogP contribution in [0.2, 0.25) is 0 Å². The van der Waals surface area contributed by atoms with Crippen molar-refractivity contribution in [2.24, 2.45) is 0 Å². The Hall–Kier alpha value is -1.13. The highest BCUT2D eigenvalue weighted by atomic mass is 19.1. The molecule has 0 radical (unpaired) electrons. The maximum absolute atomic E-state index is 13.5. The minimum atomic E-state index is -0.978. The molecule has 2 unspecified atom stereocenters. The topological polar surface area (TPSA) is 41.5 Å². The van der Waals surface area contributed by atoms with Crippen LogP contribution in [0.1, 0.15) is 37.7 Å². The van der Waals surface area contributed by atoms with E-state index in [0.717, 1.165) is 12.8 Å². The first-order chi connectivity index (χ1) is 9.10. The van der Waals surface area contributed by atoms with Gasteiger partial charge in [-0.15, -0.1) is 0 Å². The van der Waals surface area contributed by atoms with Crippen LogP contribution in [0.3, 0.4) is 0 Å². The summed E-state index contributed by atoms with van der Waals surface area (Å²) in [7, 11) is 1.56. The van der Waals surface area contributed by atoms with Gasteiger partial charge >= 0.3 is 0 Å². The van der Waals surface area contributed by atoms with Gasteiger partial charge in [0.15, 0.2) is 0 Å². The van der Waals surface area contributed by atoms with Crippen molar-refractivity contribution in [2.45, 2.75) is 49.8 Å². The maximum Gasteiger partial charge on any atom is 0.125 e. The minimum absolute atomic E-state index is 0.325. The van der Waals surface area contributed by atoms with Crippen molar-refractivity contribution in [3.8, 4) is 5.75 Å². The van der Waals surface area contributed by atoms with Gasteiger partial charge in [-0.2, -0.15) is 0 Å². The number of hydrogen-bond donors (Lipinski definition) is 2. The molecule has 2 atom stereocenters.